The second-order valence-corrected chi connectivity index (χ2v) is 3.94. The van der Waals surface area contributed by atoms with Crippen LogP contribution >= 0.6 is 0 Å². The van der Waals surface area contributed by atoms with Crippen LogP contribution in [0.4, 0.5) is 5.82 Å². The molecule has 1 fully saturated rings. The van der Waals surface area contributed by atoms with E-state index in [0.717, 1.165) is 6.42 Å². The van der Waals surface area contributed by atoms with Gasteiger partial charge in [0.1, 0.15) is 0 Å². The minimum atomic E-state index is 0.353. The third kappa shape index (κ3) is 1.72. The van der Waals surface area contributed by atoms with Gasteiger partial charge in [0.25, 0.3) is 0 Å². The number of anilines is 1. The lowest BCUT2D eigenvalue weighted by atomic mass is 9.85. The van der Waals surface area contributed by atoms with Gasteiger partial charge in [-0.2, -0.15) is 9.90 Å². The maximum atomic E-state index is 5.74. The number of aromatic nitrogens is 3. The van der Waals surface area contributed by atoms with Crippen LogP contribution in [0.1, 0.15) is 31.7 Å². The number of rotatable bonds is 2. The molecule has 0 bridgehead atoms. The first kappa shape index (κ1) is 9.45. The summed E-state index contributed by atoms with van der Waals surface area (Å²) >= 11 is 0. The molecule has 1 aliphatic rings. The van der Waals surface area contributed by atoms with E-state index in [0.29, 0.717) is 24.3 Å². The Morgan fingerprint density at radius 1 is 1.43 bits per heavy atom. The van der Waals surface area contributed by atoms with Crippen molar-refractivity contribution < 1.29 is 0 Å². The van der Waals surface area contributed by atoms with E-state index in [4.69, 9.17) is 11.5 Å². The molecule has 0 radical (unpaired) electrons. The molecule has 5 nitrogen and oxygen atoms in total. The fraction of sp³-hybridized carbons (Fsp3) is 0.778. The Morgan fingerprint density at radius 3 is 2.86 bits per heavy atom. The molecular weight excluding hydrogens is 178 g/mol. The minimum Gasteiger partial charge on any atom is -0.381 e. The van der Waals surface area contributed by atoms with Crippen molar-refractivity contribution in [3.63, 3.8) is 0 Å². The lowest BCUT2D eigenvalue weighted by molar-refractivity contribution is 0.210. The summed E-state index contributed by atoms with van der Waals surface area (Å²) in [6, 6.07) is 0.353. The number of hydrogen-bond donors (Lipinski definition) is 2. The molecule has 2 unspecified atom stereocenters. The average Bonchev–Trinajstić information content (AvgIpc) is 2.65. The van der Waals surface area contributed by atoms with E-state index < -0.39 is 0 Å². The summed E-state index contributed by atoms with van der Waals surface area (Å²) in [5.41, 5.74) is 11.3. The molecule has 2 atom stereocenters. The van der Waals surface area contributed by atoms with Crippen molar-refractivity contribution in [2.24, 2.45) is 11.7 Å². The van der Waals surface area contributed by atoms with Crippen LogP contribution in [0.3, 0.4) is 0 Å². The van der Waals surface area contributed by atoms with Gasteiger partial charge < -0.3 is 11.5 Å². The number of nitrogens with zero attached hydrogens (tertiary/aromatic N) is 3. The fourth-order valence-corrected chi connectivity index (χ4v) is 2.22. The Kier molecular flexibility index (Phi) is 2.67. The summed E-state index contributed by atoms with van der Waals surface area (Å²) in [6.07, 6.45) is 6.42. The van der Waals surface area contributed by atoms with Gasteiger partial charge in [-0.1, -0.05) is 12.8 Å². The standard InChI is InChI=1S/C9H17N5/c10-5-7-3-1-2-4-8(7)14-12-6-9(11)13-14/h6-8H,1-5,10H2,(H2,11,13). The van der Waals surface area contributed by atoms with E-state index in [1.165, 1.54) is 19.3 Å². The Morgan fingerprint density at radius 2 is 2.21 bits per heavy atom. The lowest BCUT2D eigenvalue weighted by Gasteiger charge is -2.29. The summed E-state index contributed by atoms with van der Waals surface area (Å²) in [4.78, 5) is 1.74. The maximum absolute atomic E-state index is 5.74. The SMILES string of the molecule is NCC1CCCCC1n1ncc(N)n1. The van der Waals surface area contributed by atoms with Gasteiger partial charge in [-0.3, -0.25) is 0 Å². The number of nitrogen functional groups attached to an aromatic ring is 1. The highest BCUT2D eigenvalue weighted by atomic mass is 15.5. The molecule has 0 spiro atoms. The van der Waals surface area contributed by atoms with E-state index in [9.17, 15) is 0 Å². The van der Waals surface area contributed by atoms with E-state index in [-0.39, 0.29) is 0 Å². The predicted molar refractivity (Wildman–Crippen MR) is 54.5 cm³/mol. The van der Waals surface area contributed by atoms with Gasteiger partial charge in [-0.15, -0.1) is 5.10 Å². The smallest absolute Gasteiger partial charge is 0.165 e. The third-order valence-corrected chi connectivity index (χ3v) is 2.99. The molecule has 14 heavy (non-hydrogen) atoms. The first-order valence-corrected chi connectivity index (χ1v) is 5.18. The van der Waals surface area contributed by atoms with E-state index in [1.54, 1.807) is 11.0 Å². The molecule has 2 rings (SSSR count). The van der Waals surface area contributed by atoms with Crippen LogP contribution in [-0.2, 0) is 0 Å². The molecule has 1 saturated carbocycles. The molecule has 1 aromatic rings. The third-order valence-electron chi connectivity index (χ3n) is 2.99. The summed E-state index contributed by atoms with van der Waals surface area (Å²) in [7, 11) is 0. The van der Waals surface area contributed by atoms with Gasteiger partial charge >= 0.3 is 0 Å². The molecular formula is C9H17N5. The highest BCUT2D eigenvalue weighted by Crippen LogP contribution is 2.32. The molecule has 78 valence electrons. The summed E-state index contributed by atoms with van der Waals surface area (Å²) < 4.78 is 0. The summed E-state index contributed by atoms with van der Waals surface area (Å²) in [6.45, 7) is 0.714. The van der Waals surface area contributed by atoms with Crippen LogP contribution in [0.5, 0.6) is 0 Å². The van der Waals surface area contributed by atoms with E-state index >= 15 is 0 Å². The highest BCUT2D eigenvalue weighted by molar-refractivity contribution is 5.19. The van der Waals surface area contributed by atoms with Crippen molar-refractivity contribution in [2.75, 3.05) is 12.3 Å². The van der Waals surface area contributed by atoms with Crippen molar-refractivity contribution in [2.45, 2.75) is 31.7 Å². The van der Waals surface area contributed by atoms with Crippen LogP contribution in [0.25, 0.3) is 0 Å². The second-order valence-electron chi connectivity index (χ2n) is 3.94. The van der Waals surface area contributed by atoms with E-state index in [1.807, 2.05) is 0 Å². The average molecular weight is 195 g/mol. The van der Waals surface area contributed by atoms with E-state index in [2.05, 4.69) is 10.2 Å². The van der Waals surface area contributed by atoms with Crippen LogP contribution < -0.4 is 11.5 Å². The molecule has 1 aromatic heterocycles. The Labute approximate surface area is 83.5 Å². The monoisotopic (exact) mass is 195 g/mol. The first-order chi connectivity index (χ1) is 6.81. The number of hydrogen-bond acceptors (Lipinski definition) is 4. The van der Waals surface area contributed by atoms with Gasteiger partial charge in [0.05, 0.1) is 12.2 Å². The predicted octanol–water partition coefficient (Wildman–Crippen LogP) is 0.550. The molecule has 0 aliphatic heterocycles. The molecule has 0 aromatic carbocycles. The maximum Gasteiger partial charge on any atom is 0.165 e. The molecule has 5 heteroatoms. The molecule has 4 N–H and O–H groups in total. The zero-order valence-corrected chi connectivity index (χ0v) is 8.26. The van der Waals surface area contributed by atoms with Gasteiger partial charge in [-0.25, -0.2) is 0 Å². The van der Waals surface area contributed by atoms with Crippen molar-refractivity contribution in [1.82, 2.24) is 15.0 Å². The van der Waals surface area contributed by atoms with Crippen molar-refractivity contribution in [1.29, 1.82) is 0 Å². The van der Waals surface area contributed by atoms with Crippen molar-refractivity contribution in [3.8, 4) is 0 Å². The highest BCUT2D eigenvalue weighted by Gasteiger charge is 2.26. The van der Waals surface area contributed by atoms with Crippen LogP contribution in [0, 0.1) is 5.92 Å². The van der Waals surface area contributed by atoms with Crippen molar-refractivity contribution in [3.05, 3.63) is 6.20 Å². The number of nitrogens with two attached hydrogens (primary N) is 2. The fourth-order valence-electron chi connectivity index (χ4n) is 2.22. The van der Waals surface area contributed by atoms with Gasteiger partial charge in [0.2, 0.25) is 0 Å². The second kappa shape index (κ2) is 3.96. The van der Waals surface area contributed by atoms with Gasteiger partial charge in [0, 0.05) is 0 Å². The largest absolute Gasteiger partial charge is 0.381 e. The zero-order valence-electron chi connectivity index (χ0n) is 8.26. The minimum absolute atomic E-state index is 0.353. The molecule has 0 saturated heterocycles. The molecule has 1 aliphatic carbocycles. The van der Waals surface area contributed by atoms with Crippen LogP contribution in [0.15, 0.2) is 6.20 Å². The van der Waals surface area contributed by atoms with Crippen LogP contribution in [0.2, 0.25) is 0 Å². The first-order valence-electron chi connectivity index (χ1n) is 5.18. The van der Waals surface area contributed by atoms with Crippen LogP contribution in [-0.4, -0.2) is 21.5 Å². The Bertz CT molecular complexity index is 295. The molecule has 0 amide bonds. The van der Waals surface area contributed by atoms with Crippen molar-refractivity contribution >= 4 is 5.82 Å². The Hall–Kier alpha value is -1.10. The topological polar surface area (TPSA) is 82.8 Å². The van der Waals surface area contributed by atoms with Gasteiger partial charge in [-0.05, 0) is 25.3 Å². The van der Waals surface area contributed by atoms with Gasteiger partial charge in [0.15, 0.2) is 5.82 Å². The molecule has 1 heterocycles. The Balaban J connectivity index is 2.14. The normalized spacial score (nSPS) is 27.8. The lowest BCUT2D eigenvalue weighted by Crippen LogP contribution is -2.30. The quantitative estimate of drug-likeness (QED) is 0.722. The zero-order chi connectivity index (χ0) is 9.97. The summed E-state index contributed by atoms with van der Waals surface area (Å²) in [5, 5.41) is 8.32. The summed E-state index contributed by atoms with van der Waals surface area (Å²) in [5.74, 6) is 1.00.